The second kappa shape index (κ2) is 60.3. The first kappa shape index (κ1) is 117. The summed E-state index contributed by atoms with van der Waals surface area (Å²) in [6.07, 6.45) is 12.2. The highest BCUT2D eigenvalue weighted by atomic mass is 16.5. The summed E-state index contributed by atoms with van der Waals surface area (Å²) in [5.74, 6) is 5.28. The number of hydrogen-bond donors (Lipinski definition) is 0. The zero-order chi connectivity index (χ0) is 98.6. The highest BCUT2D eigenvalue weighted by Crippen LogP contribution is 2.38. The van der Waals surface area contributed by atoms with Crippen molar-refractivity contribution < 1.29 is 9.47 Å². The smallest absolute Gasteiger partial charge is 0.249 e. The number of fused-ring (bicyclic) bond motifs is 5. The lowest BCUT2D eigenvalue weighted by atomic mass is 9.87. The Hall–Kier alpha value is -9.70. The van der Waals surface area contributed by atoms with Crippen LogP contribution in [-0.4, -0.2) is 45.9 Å². The van der Waals surface area contributed by atoms with Crippen LogP contribution in [-0.2, 0) is 83.8 Å². The zero-order valence-corrected chi connectivity index (χ0v) is 86.9. The lowest BCUT2D eigenvalue weighted by Crippen LogP contribution is -2.43. The van der Waals surface area contributed by atoms with E-state index in [1.807, 2.05) is 156 Å². The summed E-state index contributed by atoms with van der Waals surface area (Å²) in [6.45, 7) is 77.8. The maximum Gasteiger partial charge on any atom is 0.249 e. The SMILES string of the molecule is CC.CC.CC.CC.CC.CC.CC.CC.CC.CC.Cc1c(CC2CCc3ccc(CC(C)C)cc32)c(=O)c1=O.Cc1c(CN2CCOc3ccc(CC(C)C)cc32)c(=O)c1=O.Cc1c(N2CCCc3ccc(CC(C)C)cc3C2)c(=O)c1=O.Cc1c(N2CCOc3ccc(CC(C)C)cc3C2)c(=O)c1=O.Cc1c(N2CCc3ccc(CC(C)C)cc3CC2)c(=O)c1=O. The molecule has 15 rings (SSSR count). The van der Waals surface area contributed by atoms with Gasteiger partial charge < -0.3 is 29.1 Å². The van der Waals surface area contributed by atoms with Gasteiger partial charge in [-0.2, -0.15) is 0 Å². The minimum Gasteiger partial charge on any atom is -0.491 e. The largest absolute Gasteiger partial charge is 0.491 e. The van der Waals surface area contributed by atoms with Crippen LogP contribution in [0, 0.1) is 64.2 Å². The molecule has 0 fully saturated rings. The first-order chi connectivity index (χ1) is 61.8. The number of ether oxygens (including phenoxy) is 2. The quantitative estimate of drug-likeness (QED) is 0.0778. The van der Waals surface area contributed by atoms with Crippen molar-refractivity contribution >= 4 is 22.7 Å². The van der Waals surface area contributed by atoms with Crippen LogP contribution < -0.4 is 83.4 Å². The number of anilines is 4. The molecule has 714 valence electrons. The van der Waals surface area contributed by atoms with E-state index in [1.54, 1.807) is 34.6 Å². The van der Waals surface area contributed by atoms with Crippen molar-refractivity contribution in [3.63, 3.8) is 0 Å². The average molecular weight is 1780 g/mol. The molecule has 1 unspecified atom stereocenters. The highest BCUT2D eigenvalue weighted by Gasteiger charge is 2.32. The Morgan fingerprint density at radius 2 is 0.643 bits per heavy atom. The third kappa shape index (κ3) is 31.8. The minimum atomic E-state index is -0.362. The highest BCUT2D eigenvalue weighted by molar-refractivity contribution is 5.64. The molecular weight excluding hydrogens is 1610 g/mol. The van der Waals surface area contributed by atoms with Gasteiger partial charge in [-0.25, -0.2) is 0 Å². The van der Waals surface area contributed by atoms with Gasteiger partial charge in [0, 0.05) is 83.8 Å². The maximum absolute atomic E-state index is 11.9. The van der Waals surface area contributed by atoms with E-state index in [2.05, 4.69) is 163 Å². The van der Waals surface area contributed by atoms with Crippen LogP contribution in [0.25, 0.3) is 0 Å². The summed E-state index contributed by atoms with van der Waals surface area (Å²) in [7, 11) is 0. The third-order valence-electron chi connectivity index (χ3n) is 22.4. The van der Waals surface area contributed by atoms with E-state index in [4.69, 9.17) is 9.47 Å². The number of rotatable bonds is 17. The normalized spacial score (nSPS) is 13.5. The molecule has 16 nitrogen and oxygen atoms in total. The first-order valence-electron chi connectivity index (χ1n) is 49.7. The van der Waals surface area contributed by atoms with Crippen LogP contribution >= 0.6 is 0 Å². The second-order valence-corrected chi connectivity index (χ2v) is 33.4. The molecule has 129 heavy (non-hydrogen) atoms. The van der Waals surface area contributed by atoms with Gasteiger partial charge in [-0.05, 0) is 227 Å². The van der Waals surface area contributed by atoms with E-state index in [0.29, 0.717) is 119 Å². The van der Waals surface area contributed by atoms with Crippen molar-refractivity contribution in [3.8, 4) is 11.5 Å². The van der Waals surface area contributed by atoms with Crippen molar-refractivity contribution in [3.05, 3.63) is 299 Å². The standard InChI is InChI=1S/2C19H23NO2.C19H22O2.2C18H21NO3.10C2H6/c1-12(2)10-14-4-5-15-6-8-20(9-7-16(15)11-14)17-13(3)18(21)19(17)22;1-12(2)9-14-6-7-15-5-4-8-20(11-16(15)10-14)17-13(3)18(21)19(17)22;1-11(2)8-13-4-5-14-6-7-15(17(14)9-13)10-16-12(3)18(20)19(16)21;1-11(2)8-13-4-5-16-15(9-13)19(6-7-22-16)10-14-12(3)17(20)18(14)21;1-11(2)8-13-4-5-15-14(9-13)10-19(6-7-22-15)16-12(3)17(20)18(16)21;10*1-2/h4-5,11-12H,6-10H2,1-3H3;6-7,10,12H,4-5,8-9,11H2,1-3H3;4-5,9,11,15H,6-8,10H2,1-3H3;2*4-5,9,11H,6-8,10H2,1-3H3;10*1-2H3. The zero-order valence-electron chi connectivity index (χ0n) is 86.9. The fraction of sp³-hybridized carbons (Fsp3) is 0.558. The van der Waals surface area contributed by atoms with E-state index in [1.165, 1.54) is 61.2 Å². The van der Waals surface area contributed by atoms with Crippen LogP contribution in [0.3, 0.4) is 0 Å². The Morgan fingerprint density at radius 3 is 1.09 bits per heavy atom. The molecule has 1 aliphatic carbocycles. The number of benzene rings is 5. The van der Waals surface area contributed by atoms with E-state index >= 15 is 0 Å². The molecule has 0 saturated carbocycles. The van der Waals surface area contributed by atoms with E-state index in [0.717, 1.165) is 138 Å². The molecular formula is C113H170N4O12. The van der Waals surface area contributed by atoms with Crippen molar-refractivity contribution in [1.82, 2.24) is 0 Å². The van der Waals surface area contributed by atoms with Crippen molar-refractivity contribution in [2.75, 3.05) is 65.5 Å². The van der Waals surface area contributed by atoms with Crippen LogP contribution in [0.4, 0.5) is 22.7 Å². The van der Waals surface area contributed by atoms with E-state index in [-0.39, 0.29) is 54.3 Å². The topological polar surface area (TPSA) is 202 Å². The van der Waals surface area contributed by atoms with Gasteiger partial charge in [0.25, 0.3) is 0 Å². The van der Waals surface area contributed by atoms with Gasteiger partial charge >= 0.3 is 0 Å². The van der Waals surface area contributed by atoms with Crippen molar-refractivity contribution in [1.29, 1.82) is 0 Å². The number of aryl methyl sites for hydroxylation is 2. The summed E-state index contributed by atoms with van der Waals surface area (Å²) in [5.41, 5.74) is 20.4. The van der Waals surface area contributed by atoms with E-state index < -0.39 is 0 Å². The van der Waals surface area contributed by atoms with Gasteiger partial charge in [0.05, 0.1) is 35.8 Å². The number of nitrogens with zero attached hydrogens (tertiary/aromatic N) is 4. The Morgan fingerprint density at radius 1 is 0.302 bits per heavy atom. The molecule has 0 N–H and O–H groups in total. The molecule has 0 saturated heterocycles. The Labute approximate surface area is 778 Å². The Kier molecular flexibility index (Phi) is 54.8. The second-order valence-electron chi connectivity index (χ2n) is 33.4. The van der Waals surface area contributed by atoms with Crippen LogP contribution in [0.1, 0.15) is 332 Å². The average Bonchev–Trinajstić information content (AvgIpc) is 1.79. The minimum absolute atomic E-state index is 0.251. The van der Waals surface area contributed by atoms with Crippen LogP contribution in [0.15, 0.2) is 139 Å². The molecule has 5 aliphatic rings. The van der Waals surface area contributed by atoms with Crippen LogP contribution in [0.5, 0.6) is 11.5 Å². The van der Waals surface area contributed by atoms with Crippen molar-refractivity contribution in [2.24, 2.45) is 29.6 Å². The predicted molar refractivity (Wildman–Crippen MR) is 556 cm³/mol. The van der Waals surface area contributed by atoms with Gasteiger partial charge in [0.15, 0.2) is 0 Å². The summed E-state index contributed by atoms with van der Waals surface area (Å²) in [6, 6.07) is 32.9. The fourth-order valence-electron chi connectivity index (χ4n) is 16.7. The lowest BCUT2D eigenvalue weighted by Gasteiger charge is -2.32. The monoisotopic (exact) mass is 1780 g/mol. The molecule has 1 atom stereocenters. The van der Waals surface area contributed by atoms with Gasteiger partial charge in [-0.15, -0.1) is 0 Å². The van der Waals surface area contributed by atoms with Crippen LogP contribution in [0.2, 0.25) is 0 Å². The molecule has 16 heteroatoms. The summed E-state index contributed by atoms with van der Waals surface area (Å²) in [5, 5.41) is 0. The van der Waals surface area contributed by atoms with Crippen molar-refractivity contribution in [2.45, 2.75) is 345 Å². The molecule has 0 radical (unpaired) electrons. The number of hydrogen-bond acceptors (Lipinski definition) is 16. The molecule has 0 aromatic heterocycles. The van der Waals surface area contributed by atoms with Gasteiger partial charge in [-0.1, -0.05) is 281 Å². The molecule has 4 heterocycles. The molecule has 10 aromatic rings. The fourth-order valence-corrected chi connectivity index (χ4v) is 16.7. The van der Waals surface area contributed by atoms with Gasteiger partial charge in [0.2, 0.25) is 54.3 Å². The maximum atomic E-state index is 11.9. The Balaban J connectivity index is 0.000000767. The molecule has 0 spiro atoms. The molecule has 10 aromatic carbocycles. The summed E-state index contributed by atoms with van der Waals surface area (Å²) >= 11 is 0. The predicted octanol–water partition coefficient (Wildman–Crippen LogP) is 22.8. The molecule has 0 bridgehead atoms. The Bertz CT molecular complexity index is 5220. The lowest BCUT2D eigenvalue weighted by molar-refractivity contribution is 0.306. The van der Waals surface area contributed by atoms with Gasteiger partial charge in [-0.3, -0.25) is 47.9 Å². The summed E-state index contributed by atoms with van der Waals surface area (Å²) < 4.78 is 11.5. The third-order valence-corrected chi connectivity index (χ3v) is 22.4. The van der Waals surface area contributed by atoms with Gasteiger partial charge in [0.1, 0.15) is 24.7 Å². The molecule has 0 amide bonds. The first-order valence-corrected chi connectivity index (χ1v) is 49.7. The molecule has 4 aliphatic heterocycles. The van der Waals surface area contributed by atoms with E-state index in [9.17, 15) is 47.9 Å². The summed E-state index contributed by atoms with van der Waals surface area (Å²) in [4.78, 5) is 124.